The van der Waals surface area contributed by atoms with Crippen molar-refractivity contribution in [2.45, 2.75) is 44.3 Å². The number of rotatable bonds is 0. The van der Waals surface area contributed by atoms with E-state index >= 15 is 0 Å². The first-order chi connectivity index (χ1) is 13.6. The van der Waals surface area contributed by atoms with E-state index in [0.717, 1.165) is 46.7 Å². The smallest absolute Gasteiger partial charge is 0.346 e. The predicted molar refractivity (Wildman–Crippen MR) is 105 cm³/mol. The molecule has 144 valence electrons. The van der Waals surface area contributed by atoms with Gasteiger partial charge in [0.25, 0.3) is 0 Å². The quantitative estimate of drug-likeness (QED) is 0.456. The van der Waals surface area contributed by atoms with E-state index in [2.05, 4.69) is 11.5 Å². The Kier molecular flexibility index (Phi) is 2.53. The molecule has 0 N–H and O–H groups in total. The van der Waals surface area contributed by atoms with Crippen LogP contribution in [-0.2, 0) is 14.3 Å². The van der Waals surface area contributed by atoms with Crippen LogP contribution in [0.15, 0.2) is 33.8 Å². The largest absolute Gasteiger partial charge is 0.386 e. The molecule has 10 aliphatic rings. The van der Waals surface area contributed by atoms with Crippen LogP contribution in [0.4, 0.5) is 0 Å². The van der Waals surface area contributed by atoms with Crippen molar-refractivity contribution in [1.29, 1.82) is 0 Å². The minimum Gasteiger partial charge on any atom is -0.386 e. The van der Waals surface area contributed by atoms with Crippen LogP contribution in [0.3, 0.4) is 0 Å². The fourth-order valence-corrected chi connectivity index (χ4v) is 11.7. The van der Waals surface area contributed by atoms with E-state index in [1.165, 1.54) is 37.7 Å². The Morgan fingerprint density at radius 2 is 1.64 bits per heavy atom. The van der Waals surface area contributed by atoms with E-state index < -0.39 is 0 Å². The number of thioether (sulfide) groups is 1. The molecule has 28 heavy (non-hydrogen) atoms. The zero-order chi connectivity index (χ0) is 18.5. The van der Waals surface area contributed by atoms with Crippen molar-refractivity contribution in [3.05, 3.63) is 33.8 Å². The number of allylic oxidation sites excluding steroid dienone is 1. The highest BCUT2D eigenvalue weighted by molar-refractivity contribution is 8.03. The van der Waals surface area contributed by atoms with Crippen LogP contribution < -0.4 is 0 Å². The highest BCUT2D eigenvalue weighted by atomic mass is 32.2. The molecule has 7 fully saturated rings. The number of esters is 2. The average Bonchev–Trinajstić information content (AvgIpc) is 3.29. The van der Waals surface area contributed by atoms with Crippen LogP contribution in [0.5, 0.6) is 0 Å². The van der Waals surface area contributed by atoms with Gasteiger partial charge >= 0.3 is 11.9 Å². The molecule has 0 amide bonds. The second-order valence-corrected chi connectivity index (χ2v) is 11.9. The molecule has 0 aromatic heterocycles. The lowest BCUT2D eigenvalue weighted by Crippen LogP contribution is -2.72. The number of carbonyl (C=O) groups excluding carboxylic acids is 2. The van der Waals surface area contributed by atoms with Crippen LogP contribution in [0.1, 0.15) is 39.0 Å². The third kappa shape index (κ3) is 1.37. The summed E-state index contributed by atoms with van der Waals surface area (Å²) in [5.41, 5.74) is 3.63. The van der Waals surface area contributed by atoms with Crippen LogP contribution in [-0.4, -0.2) is 17.2 Å². The molecule has 4 heteroatoms. The van der Waals surface area contributed by atoms with Gasteiger partial charge in [0.2, 0.25) is 0 Å². The maximum absolute atomic E-state index is 13.2. The molecule has 0 aromatic carbocycles. The average molecular weight is 393 g/mol. The lowest BCUT2D eigenvalue weighted by molar-refractivity contribution is -0.253. The summed E-state index contributed by atoms with van der Waals surface area (Å²) >= 11 is 1.92. The summed E-state index contributed by atoms with van der Waals surface area (Å²) in [7, 11) is 0. The maximum atomic E-state index is 13.2. The molecule has 0 radical (unpaired) electrons. The van der Waals surface area contributed by atoms with Gasteiger partial charge in [0.05, 0.1) is 11.1 Å². The monoisotopic (exact) mass is 392 g/mol. The summed E-state index contributed by atoms with van der Waals surface area (Å²) in [4.78, 5) is 26.0. The molecule has 7 saturated carbocycles. The maximum Gasteiger partial charge on any atom is 0.346 e. The summed E-state index contributed by atoms with van der Waals surface area (Å²) in [6, 6.07) is 0. The minimum absolute atomic E-state index is 0.156. The van der Waals surface area contributed by atoms with E-state index in [4.69, 9.17) is 4.74 Å². The number of hydrogen-bond acceptors (Lipinski definition) is 4. The van der Waals surface area contributed by atoms with Crippen LogP contribution >= 0.6 is 11.8 Å². The molecule has 0 aromatic rings. The summed E-state index contributed by atoms with van der Waals surface area (Å²) in [5, 5.41) is 2.54. The van der Waals surface area contributed by atoms with Crippen molar-refractivity contribution < 1.29 is 14.3 Å². The Labute approximate surface area is 169 Å². The zero-order valence-electron chi connectivity index (χ0n) is 16.0. The SMILES string of the molecule is CC1=C2C=CS[C@H]2[C@]2(C3=C1C(=O)OC3=O)C1CC3C4CC5CC3[C@H](C1)[C@@H](C5)C42. The summed E-state index contributed by atoms with van der Waals surface area (Å²) < 4.78 is 5.31. The van der Waals surface area contributed by atoms with Gasteiger partial charge in [-0.2, -0.15) is 0 Å². The molecule has 10 atom stereocenters. The standard InChI is InChI=1S/C24H24O3S/c1-9-12-2-3-28-21(12)24(20-18(9)22(25)27-23(20)26)11-7-14-13-4-10-5-16(14)19(24)17(6-10)15(13)8-11/h2-3,10-11,13-17,19,21H,4-8H2,1H3/t10?,11?,13?,14-,15?,16+,17?,19?,21+,24+/m0/s1. The van der Waals surface area contributed by atoms with Gasteiger partial charge in [0.15, 0.2) is 0 Å². The van der Waals surface area contributed by atoms with Gasteiger partial charge in [-0.1, -0.05) is 6.08 Å². The third-order valence-corrected chi connectivity index (χ3v) is 11.8. The zero-order valence-corrected chi connectivity index (χ0v) is 16.8. The molecular formula is C24H24O3S. The van der Waals surface area contributed by atoms with Gasteiger partial charge in [-0.3, -0.25) is 0 Å². The van der Waals surface area contributed by atoms with Gasteiger partial charge in [-0.15, -0.1) is 11.8 Å². The van der Waals surface area contributed by atoms with Gasteiger partial charge in [-0.05, 0) is 103 Å². The van der Waals surface area contributed by atoms with Crippen LogP contribution in [0, 0.1) is 52.8 Å². The molecule has 3 nitrogen and oxygen atoms in total. The Balaban J connectivity index is 1.44. The van der Waals surface area contributed by atoms with Gasteiger partial charge < -0.3 is 4.74 Å². The van der Waals surface area contributed by atoms with Gasteiger partial charge in [0, 0.05) is 10.7 Å². The third-order valence-electron chi connectivity index (χ3n) is 10.5. The predicted octanol–water partition coefficient (Wildman–Crippen LogP) is 4.26. The lowest BCUT2D eigenvalue weighted by atomic mass is 9.28. The van der Waals surface area contributed by atoms with E-state index in [-0.39, 0.29) is 17.4 Å². The molecule has 6 unspecified atom stereocenters. The number of carbonyl (C=O) groups is 2. The Bertz CT molecular complexity index is 964. The number of hydrogen-bond donors (Lipinski definition) is 0. The normalized spacial score (nSPS) is 56.4. The molecule has 0 saturated heterocycles. The van der Waals surface area contributed by atoms with Crippen molar-refractivity contribution in [3.63, 3.8) is 0 Å². The van der Waals surface area contributed by atoms with Crippen molar-refractivity contribution >= 4 is 23.7 Å². The van der Waals surface area contributed by atoms with Gasteiger partial charge in [-0.25, -0.2) is 9.59 Å². The number of ether oxygens (including phenoxy) is 1. The Morgan fingerprint density at radius 1 is 0.964 bits per heavy atom. The highest BCUT2D eigenvalue weighted by Crippen LogP contribution is 2.80. The summed E-state index contributed by atoms with van der Waals surface area (Å²) in [6.45, 7) is 2.03. The highest BCUT2D eigenvalue weighted by Gasteiger charge is 2.76. The molecule has 1 spiro atoms. The first-order valence-electron chi connectivity index (χ1n) is 11.1. The van der Waals surface area contributed by atoms with E-state index in [9.17, 15) is 9.59 Å². The van der Waals surface area contributed by atoms with Crippen molar-refractivity contribution in [2.24, 2.45) is 52.8 Å². The minimum atomic E-state index is -0.380. The topological polar surface area (TPSA) is 43.4 Å². The first-order valence-corrected chi connectivity index (χ1v) is 12.1. The molecule has 8 bridgehead atoms. The Morgan fingerprint density at radius 3 is 2.39 bits per heavy atom. The van der Waals surface area contributed by atoms with Crippen molar-refractivity contribution in [2.75, 3.05) is 0 Å². The second kappa shape index (κ2) is 4.55. The number of cyclic esters (lactones) is 2. The molecule has 2 aliphatic heterocycles. The molecular weight excluding hydrogens is 368 g/mol. The summed E-state index contributed by atoms with van der Waals surface area (Å²) in [6.07, 6.45) is 9.01. The van der Waals surface area contributed by atoms with Crippen molar-refractivity contribution in [3.8, 4) is 0 Å². The fraction of sp³-hybridized carbons (Fsp3) is 0.667. The van der Waals surface area contributed by atoms with Gasteiger partial charge in [0.1, 0.15) is 0 Å². The van der Waals surface area contributed by atoms with Crippen molar-refractivity contribution in [1.82, 2.24) is 0 Å². The second-order valence-electron chi connectivity index (χ2n) is 10.8. The first kappa shape index (κ1) is 15.5. The lowest BCUT2D eigenvalue weighted by Gasteiger charge is -2.76. The van der Waals surface area contributed by atoms with E-state index in [1.54, 1.807) is 0 Å². The fourth-order valence-electron chi connectivity index (χ4n) is 10.3. The molecule has 10 rings (SSSR count). The summed E-state index contributed by atoms with van der Waals surface area (Å²) in [5.74, 6) is 5.67. The Hall–Kier alpha value is -1.29. The number of fused-ring (bicyclic) bond motifs is 1. The van der Waals surface area contributed by atoms with Crippen LogP contribution in [0.25, 0.3) is 0 Å². The van der Waals surface area contributed by atoms with E-state index in [1.807, 2.05) is 18.7 Å². The molecule has 8 aliphatic carbocycles. The van der Waals surface area contributed by atoms with E-state index in [0.29, 0.717) is 22.7 Å². The van der Waals surface area contributed by atoms with Crippen LogP contribution in [0.2, 0.25) is 0 Å². The molecule has 2 heterocycles.